The summed E-state index contributed by atoms with van der Waals surface area (Å²) < 4.78 is 0.0833. The lowest BCUT2D eigenvalue weighted by molar-refractivity contribution is 0.858. The van der Waals surface area contributed by atoms with E-state index >= 15 is 0 Å². The molecule has 0 nitrogen and oxygen atoms in total. The Labute approximate surface area is 55.5 Å². The highest BCUT2D eigenvalue weighted by molar-refractivity contribution is 8.00. The normalized spacial score (nSPS) is 28.3. The molecule has 0 heterocycles. The second-order valence-corrected chi connectivity index (χ2v) is 4.25. The van der Waals surface area contributed by atoms with Crippen LogP contribution in [0.25, 0.3) is 0 Å². The van der Waals surface area contributed by atoms with E-state index in [1.807, 2.05) is 0 Å². The van der Waals surface area contributed by atoms with Gasteiger partial charge in [-0.05, 0) is 12.8 Å². The van der Waals surface area contributed by atoms with Crippen molar-refractivity contribution >= 4 is 25.3 Å². The Hall–Kier alpha value is 0.700. The molecule has 0 bridgehead atoms. The molecule has 1 fully saturated rings. The van der Waals surface area contributed by atoms with Crippen molar-refractivity contribution < 1.29 is 0 Å². The van der Waals surface area contributed by atoms with Gasteiger partial charge in [0, 0.05) is 0 Å². The SMILES string of the molecule is SC1(S)CCCC1. The summed E-state index contributed by atoms with van der Waals surface area (Å²) in [7, 11) is 0. The summed E-state index contributed by atoms with van der Waals surface area (Å²) in [6.45, 7) is 0. The van der Waals surface area contributed by atoms with Crippen LogP contribution in [0, 0.1) is 0 Å². The quantitative estimate of drug-likeness (QED) is 0.368. The van der Waals surface area contributed by atoms with Gasteiger partial charge >= 0.3 is 0 Å². The van der Waals surface area contributed by atoms with E-state index in [9.17, 15) is 0 Å². The van der Waals surface area contributed by atoms with Gasteiger partial charge in [-0.15, -0.1) is 0 Å². The average molecular weight is 134 g/mol. The summed E-state index contributed by atoms with van der Waals surface area (Å²) in [4.78, 5) is 0. The van der Waals surface area contributed by atoms with Crippen LogP contribution in [-0.4, -0.2) is 4.08 Å². The van der Waals surface area contributed by atoms with E-state index in [4.69, 9.17) is 0 Å². The fraction of sp³-hybridized carbons (Fsp3) is 1.00. The number of thiol groups is 2. The highest BCUT2D eigenvalue weighted by Crippen LogP contribution is 2.37. The first-order valence-electron chi connectivity index (χ1n) is 2.65. The molecule has 1 rings (SSSR count). The molecule has 0 aliphatic heterocycles. The second-order valence-electron chi connectivity index (χ2n) is 2.19. The molecule has 2 heteroatoms. The standard InChI is InChI=1S/C5H10S2/c6-5(7)3-1-2-4-5/h6-7H,1-4H2. The summed E-state index contributed by atoms with van der Waals surface area (Å²) in [5.74, 6) is 0. The Bertz CT molecular complexity index is 60.5. The summed E-state index contributed by atoms with van der Waals surface area (Å²) in [6.07, 6.45) is 4.98. The zero-order valence-electron chi connectivity index (χ0n) is 4.22. The molecule has 42 valence electrons. The van der Waals surface area contributed by atoms with Gasteiger partial charge in [-0.1, -0.05) is 12.8 Å². The monoisotopic (exact) mass is 134 g/mol. The van der Waals surface area contributed by atoms with Crippen molar-refractivity contribution in [3.8, 4) is 0 Å². The van der Waals surface area contributed by atoms with Gasteiger partial charge in [0.05, 0.1) is 4.08 Å². The average Bonchev–Trinajstić information content (AvgIpc) is 1.84. The molecule has 0 aromatic carbocycles. The number of rotatable bonds is 0. The molecule has 0 unspecified atom stereocenters. The van der Waals surface area contributed by atoms with E-state index in [0.717, 1.165) is 0 Å². The second kappa shape index (κ2) is 1.90. The van der Waals surface area contributed by atoms with Crippen molar-refractivity contribution in [3.05, 3.63) is 0 Å². The van der Waals surface area contributed by atoms with Crippen LogP contribution in [0.1, 0.15) is 25.7 Å². The van der Waals surface area contributed by atoms with E-state index in [-0.39, 0.29) is 4.08 Å². The van der Waals surface area contributed by atoms with Gasteiger partial charge in [0.1, 0.15) is 0 Å². The van der Waals surface area contributed by atoms with E-state index in [1.54, 1.807) is 0 Å². The van der Waals surface area contributed by atoms with Crippen molar-refractivity contribution in [2.75, 3.05) is 0 Å². The van der Waals surface area contributed by atoms with Crippen molar-refractivity contribution in [3.63, 3.8) is 0 Å². The molecule has 1 aliphatic rings. The van der Waals surface area contributed by atoms with E-state index in [2.05, 4.69) is 25.3 Å². The molecule has 0 saturated heterocycles. The van der Waals surface area contributed by atoms with E-state index < -0.39 is 0 Å². The van der Waals surface area contributed by atoms with Crippen molar-refractivity contribution in [2.45, 2.75) is 29.8 Å². The van der Waals surface area contributed by atoms with Gasteiger partial charge < -0.3 is 0 Å². The molecule has 0 atom stereocenters. The van der Waals surface area contributed by atoms with Crippen molar-refractivity contribution in [2.24, 2.45) is 0 Å². The first-order chi connectivity index (χ1) is 3.21. The Morgan fingerprint density at radius 1 is 1.00 bits per heavy atom. The Balaban J connectivity index is 2.40. The minimum absolute atomic E-state index is 0.0833. The van der Waals surface area contributed by atoms with Crippen LogP contribution >= 0.6 is 25.3 Å². The molecule has 0 N–H and O–H groups in total. The third-order valence-corrected chi connectivity index (χ3v) is 2.30. The lowest BCUT2D eigenvalue weighted by Crippen LogP contribution is -2.03. The molecule has 0 aromatic heterocycles. The molecular weight excluding hydrogens is 124 g/mol. The molecule has 0 amide bonds. The molecule has 0 aromatic rings. The van der Waals surface area contributed by atoms with E-state index in [1.165, 1.54) is 25.7 Å². The first kappa shape index (κ1) is 5.83. The zero-order chi connectivity index (χ0) is 5.33. The van der Waals surface area contributed by atoms with Crippen molar-refractivity contribution in [1.82, 2.24) is 0 Å². The Kier molecular flexibility index (Phi) is 1.58. The summed E-state index contributed by atoms with van der Waals surface area (Å²) in [6, 6.07) is 0. The van der Waals surface area contributed by atoms with Gasteiger partial charge in [-0.2, -0.15) is 25.3 Å². The fourth-order valence-electron chi connectivity index (χ4n) is 0.941. The minimum atomic E-state index is 0.0833. The predicted molar refractivity (Wildman–Crippen MR) is 39.2 cm³/mol. The third kappa shape index (κ3) is 1.57. The molecule has 1 aliphatic carbocycles. The van der Waals surface area contributed by atoms with Gasteiger partial charge in [0.25, 0.3) is 0 Å². The first-order valence-corrected chi connectivity index (χ1v) is 3.55. The van der Waals surface area contributed by atoms with Crippen LogP contribution in [0.2, 0.25) is 0 Å². The van der Waals surface area contributed by atoms with E-state index in [0.29, 0.717) is 0 Å². The Morgan fingerprint density at radius 2 is 1.43 bits per heavy atom. The van der Waals surface area contributed by atoms with Crippen LogP contribution in [0.3, 0.4) is 0 Å². The predicted octanol–water partition coefficient (Wildman–Crippen LogP) is 2.12. The topological polar surface area (TPSA) is 0 Å². The summed E-state index contributed by atoms with van der Waals surface area (Å²) in [5, 5.41) is 0. The largest absolute Gasteiger partial charge is 0.162 e. The van der Waals surface area contributed by atoms with Gasteiger partial charge in [-0.25, -0.2) is 0 Å². The maximum Gasteiger partial charge on any atom is 0.0552 e. The Morgan fingerprint density at radius 3 is 1.57 bits per heavy atom. The summed E-state index contributed by atoms with van der Waals surface area (Å²) >= 11 is 8.63. The number of hydrogen-bond acceptors (Lipinski definition) is 2. The van der Waals surface area contributed by atoms with Crippen LogP contribution in [0.15, 0.2) is 0 Å². The summed E-state index contributed by atoms with van der Waals surface area (Å²) in [5.41, 5.74) is 0. The van der Waals surface area contributed by atoms with Gasteiger partial charge in [0.2, 0.25) is 0 Å². The molecule has 0 spiro atoms. The molecule has 0 radical (unpaired) electrons. The van der Waals surface area contributed by atoms with Crippen LogP contribution in [0.5, 0.6) is 0 Å². The number of hydrogen-bond donors (Lipinski definition) is 2. The van der Waals surface area contributed by atoms with Crippen LogP contribution in [-0.2, 0) is 0 Å². The highest BCUT2D eigenvalue weighted by atomic mass is 32.2. The molecular formula is C5H10S2. The lowest BCUT2D eigenvalue weighted by atomic mass is 10.4. The van der Waals surface area contributed by atoms with Crippen LogP contribution in [0.4, 0.5) is 0 Å². The van der Waals surface area contributed by atoms with Gasteiger partial charge in [0.15, 0.2) is 0 Å². The zero-order valence-corrected chi connectivity index (χ0v) is 6.01. The third-order valence-electron chi connectivity index (χ3n) is 1.40. The minimum Gasteiger partial charge on any atom is -0.162 e. The maximum atomic E-state index is 4.31. The smallest absolute Gasteiger partial charge is 0.0552 e. The fourth-order valence-corrected chi connectivity index (χ4v) is 1.57. The van der Waals surface area contributed by atoms with Crippen LogP contribution < -0.4 is 0 Å². The maximum absolute atomic E-state index is 4.31. The van der Waals surface area contributed by atoms with Gasteiger partial charge in [-0.3, -0.25) is 0 Å². The lowest BCUT2D eigenvalue weighted by Gasteiger charge is -2.11. The molecule has 1 saturated carbocycles. The van der Waals surface area contributed by atoms with Crippen molar-refractivity contribution in [1.29, 1.82) is 0 Å². The highest BCUT2D eigenvalue weighted by Gasteiger charge is 2.24. The molecule has 7 heavy (non-hydrogen) atoms.